The molecule has 2 aromatic rings. The first-order valence-electron chi connectivity index (χ1n) is 4.80. The van der Waals surface area contributed by atoms with Crippen LogP contribution in [0.5, 0.6) is 0 Å². The first kappa shape index (κ1) is 11.0. The summed E-state index contributed by atoms with van der Waals surface area (Å²) in [4.78, 5) is 11.7. The molecule has 2 rings (SSSR count). The molecule has 0 fully saturated rings. The second-order valence-electron chi connectivity index (χ2n) is 3.24. The Labute approximate surface area is 101 Å². The van der Waals surface area contributed by atoms with Crippen LogP contribution in [0.3, 0.4) is 0 Å². The van der Waals surface area contributed by atoms with E-state index in [4.69, 9.17) is 4.42 Å². The third kappa shape index (κ3) is 1.88. The summed E-state index contributed by atoms with van der Waals surface area (Å²) in [6.45, 7) is 4.10. The molecular formula is C12H10BrNO2. The Morgan fingerprint density at radius 2 is 2.19 bits per heavy atom. The van der Waals surface area contributed by atoms with Crippen molar-refractivity contribution in [3.63, 3.8) is 0 Å². The zero-order valence-electron chi connectivity index (χ0n) is 8.50. The molecule has 0 radical (unpaired) electrons. The molecule has 0 saturated heterocycles. The van der Waals surface area contributed by atoms with Gasteiger partial charge in [-0.15, -0.1) is 6.58 Å². The van der Waals surface area contributed by atoms with E-state index in [9.17, 15) is 4.79 Å². The average molecular weight is 280 g/mol. The van der Waals surface area contributed by atoms with E-state index in [1.165, 1.54) is 0 Å². The fourth-order valence-corrected chi connectivity index (χ4v) is 2.07. The monoisotopic (exact) mass is 279 g/mol. The van der Waals surface area contributed by atoms with Crippen LogP contribution in [0.1, 0.15) is 0 Å². The van der Waals surface area contributed by atoms with Crippen LogP contribution in [0.25, 0.3) is 11.0 Å². The van der Waals surface area contributed by atoms with Crippen molar-refractivity contribution in [3.05, 3.63) is 51.8 Å². The Hall–Kier alpha value is -1.55. The number of fused-ring (bicyclic) bond motifs is 1. The third-order valence-corrected chi connectivity index (χ3v) is 3.00. The minimum Gasteiger partial charge on any atom is -0.421 e. The van der Waals surface area contributed by atoms with Gasteiger partial charge in [0.2, 0.25) is 0 Å². The number of nitrogens with one attached hydrogen (secondary N) is 1. The van der Waals surface area contributed by atoms with Crippen LogP contribution in [0, 0.1) is 0 Å². The molecule has 0 aliphatic heterocycles. The predicted octanol–water partition coefficient (Wildman–Crippen LogP) is 3.15. The summed E-state index contributed by atoms with van der Waals surface area (Å²) < 4.78 is 5.91. The zero-order valence-corrected chi connectivity index (χ0v) is 10.1. The molecule has 0 aliphatic rings. The maximum absolute atomic E-state index is 11.7. The zero-order chi connectivity index (χ0) is 11.5. The normalized spacial score (nSPS) is 10.3. The lowest BCUT2D eigenvalue weighted by atomic mass is 10.2. The number of benzene rings is 1. The van der Waals surface area contributed by atoms with Crippen LogP contribution in [0.4, 0.5) is 5.69 Å². The second-order valence-corrected chi connectivity index (χ2v) is 4.04. The molecule has 0 amide bonds. The Morgan fingerprint density at radius 3 is 2.94 bits per heavy atom. The Kier molecular flexibility index (Phi) is 3.10. The number of rotatable bonds is 3. The van der Waals surface area contributed by atoms with Gasteiger partial charge in [0.25, 0.3) is 0 Å². The molecule has 82 valence electrons. The van der Waals surface area contributed by atoms with E-state index in [0.717, 1.165) is 9.86 Å². The largest absolute Gasteiger partial charge is 0.421 e. The third-order valence-electron chi connectivity index (χ3n) is 2.17. The lowest BCUT2D eigenvalue weighted by molar-refractivity contribution is 0.562. The molecule has 0 aliphatic carbocycles. The van der Waals surface area contributed by atoms with Gasteiger partial charge in [-0.1, -0.05) is 24.3 Å². The standard InChI is InChI=1S/C12H10BrNO2/c1-2-7-14-11-10(13)8-5-3-4-6-9(8)16-12(11)15/h2-6,14H,1,7H2. The van der Waals surface area contributed by atoms with Crippen LogP contribution in [0.15, 0.2) is 50.6 Å². The molecule has 1 heterocycles. The minimum atomic E-state index is -0.382. The van der Waals surface area contributed by atoms with E-state index in [-0.39, 0.29) is 5.63 Å². The van der Waals surface area contributed by atoms with Gasteiger partial charge >= 0.3 is 5.63 Å². The van der Waals surface area contributed by atoms with Crippen LogP contribution >= 0.6 is 15.9 Å². The number of halogens is 1. The van der Waals surface area contributed by atoms with Crippen molar-refractivity contribution in [2.75, 3.05) is 11.9 Å². The molecule has 0 bridgehead atoms. The van der Waals surface area contributed by atoms with E-state index in [1.54, 1.807) is 12.1 Å². The molecule has 0 atom stereocenters. The van der Waals surface area contributed by atoms with Gasteiger partial charge in [-0.05, 0) is 22.0 Å². The maximum atomic E-state index is 11.7. The first-order valence-corrected chi connectivity index (χ1v) is 5.59. The molecule has 1 aromatic carbocycles. The molecule has 3 nitrogen and oxygen atoms in total. The second kappa shape index (κ2) is 4.53. The quantitative estimate of drug-likeness (QED) is 0.693. The Bertz CT molecular complexity index is 589. The summed E-state index contributed by atoms with van der Waals surface area (Å²) in [5, 5.41) is 3.82. The van der Waals surface area contributed by atoms with E-state index >= 15 is 0 Å². The summed E-state index contributed by atoms with van der Waals surface area (Å²) in [5.41, 5.74) is 0.620. The minimum absolute atomic E-state index is 0.382. The fraction of sp³-hybridized carbons (Fsp3) is 0.0833. The lowest BCUT2D eigenvalue weighted by Crippen LogP contribution is -2.11. The van der Waals surface area contributed by atoms with Gasteiger partial charge in [-0.3, -0.25) is 0 Å². The smallest absolute Gasteiger partial charge is 0.361 e. The van der Waals surface area contributed by atoms with Crippen LogP contribution in [0.2, 0.25) is 0 Å². The predicted molar refractivity (Wildman–Crippen MR) is 68.9 cm³/mol. The highest BCUT2D eigenvalue weighted by atomic mass is 79.9. The van der Waals surface area contributed by atoms with Crippen molar-refractivity contribution in [2.24, 2.45) is 0 Å². The van der Waals surface area contributed by atoms with Gasteiger partial charge < -0.3 is 9.73 Å². The highest BCUT2D eigenvalue weighted by molar-refractivity contribution is 9.10. The Morgan fingerprint density at radius 1 is 1.44 bits per heavy atom. The van der Waals surface area contributed by atoms with Crippen molar-refractivity contribution < 1.29 is 4.42 Å². The molecule has 4 heteroatoms. The highest BCUT2D eigenvalue weighted by Gasteiger charge is 2.10. The van der Waals surface area contributed by atoms with E-state index < -0.39 is 0 Å². The summed E-state index contributed by atoms with van der Waals surface area (Å²) in [5.74, 6) is 0. The molecule has 1 N–H and O–H groups in total. The van der Waals surface area contributed by atoms with E-state index in [0.29, 0.717) is 17.8 Å². The average Bonchev–Trinajstić information content (AvgIpc) is 2.29. The molecule has 1 aromatic heterocycles. The van der Waals surface area contributed by atoms with Crippen molar-refractivity contribution in [1.29, 1.82) is 0 Å². The van der Waals surface area contributed by atoms with Gasteiger partial charge in [-0.2, -0.15) is 0 Å². The van der Waals surface area contributed by atoms with Crippen molar-refractivity contribution in [2.45, 2.75) is 0 Å². The summed E-state index contributed by atoms with van der Waals surface area (Å²) in [6, 6.07) is 7.37. The van der Waals surface area contributed by atoms with Gasteiger partial charge in [0.15, 0.2) is 0 Å². The van der Waals surface area contributed by atoms with Gasteiger partial charge in [-0.25, -0.2) is 4.79 Å². The molecule has 0 unspecified atom stereocenters. The molecule has 0 saturated carbocycles. The maximum Gasteiger partial charge on any atom is 0.361 e. The van der Waals surface area contributed by atoms with Crippen molar-refractivity contribution in [1.82, 2.24) is 0 Å². The summed E-state index contributed by atoms with van der Waals surface area (Å²) >= 11 is 3.41. The van der Waals surface area contributed by atoms with Gasteiger partial charge in [0.1, 0.15) is 11.3 Å². The van der Waals surface area contributed by atoms with E-state index in [1.807, 2.05) is 18.2 Å². The van der Waals surface area contributed by atoms with Crippen LogP contribution < -0.4 is 10.9 Å². The number of hydrogen-bond donors (Lipinski definition) is 1. The van der Waals surface area contributed by atoms with Crippen molar-refractivity contribution >= 4 is 32.6 Å². The Balaban J connectivity index is 2.65. The molecule has 16 heavy (non-hydrogen) atoms. The first-order chi connectivity index (χ1) is 7.74. The van der Waals surface area contributed by atoms with Crippen LogP contribution in [-0.2, 0) is 0 Å². The number of para-hydroxylation sites is 1. The highest BCUT2D eigenvalue weighted by Crippen LogP contribution is 2.28. The summed E-state index contributed by atoms with van der Waals surface area (Å²) in [6.07, 6.45) is 1.68. The molecular weight excluding hydrogens is 270 g/mol. The number of hydrogen-bond acceptors (Lipinski definition) is 3. The van der Waals surface area contributed by atoms with Gasteiger partial charge in [0.05, 0.1) is 4.47 Å². The van der Waals surface area contributed by atoms with E-state index in [2.05, 4.69) is 27.8 Å². The molecule has 0 spiro atoms. The number of anilines is 1. The summed E-state index contributed by atoms with van der Waals surface area (Å²) in [7, 11) is 0. The van der Waals surface area contributed by atoms with Crippen molar-refractivity contribution in [3.8, 4) is 0 Å². The van der Waals surface area contributed by atoms with Gasteiger partial charge in [0, 0.05) is 11.9 Å². The topological polar surface area (TPSA) is 42.2 Å². The lowest BCUT2D eigenvalue weighted by Gasteiger charge is -2.06. The van der Waals surface area contributed by atoms with Crippen LogP contribution in [-0.4, -0.2) is 6.54 Å². The fourth-order valence-electron chi connectivity index (χ4n) is 1.44. The SMILES string of the molecule is C=CCNc1c(Br)c2ccccc2oc1=O.